The van der Waals surface area contributed by atoms with Crippen LogP contribution in [0, 0.1) is 0 Å². The highest BCUT2D eigenvalue weighted by Gasteiger charge is 2.31. The van der Waals surface area contributed by atoms with Crippen molar-refractivity contribution in [1.82, 2.24) is 8.87 Å². The van der Waals surface area contributed by atoms with Gasteiger partial charge in [0.25, 0.3) is 0 Å². The lowest BCUT2D eigenvalue weighted by molar-refractivity contribution is 0.416. The van der Waals surface area contributed by atoms with Crippen LogP contribution in [0.3, 0.4) is 0 Å². The van der Waals surface area contributed by atoms with Crippen LogP contribution < -0.4 is 0 Å². The van der Waals surface area contributed by atoms with E-state index in [4.69, 9.17) is 11.6 Å². The Morgan fingerprint density at radius 2 is 2.19 bits per heavy atom. The van der Waals surface area contributed by atoms with E-state index in [0.717, 1.165) is 30.8 Å². The summed E-state index contributed by atoms with van der Waals surface area (Å²) >= 11 is 7.80. The first kappa shape index (κ1) is 17.2. The maximum absolute atomic E-state index is 12.8. The first-order valence-electron chi connectivity index (χ1n) is 7.39. The quantitative estimate of drug-likeness (QED) is 0.740. The number of alkyl halides is 1. The van der Waals surface area contributed by atoms with Crippen molar-refractivity contribution in [3.8, 4) is 0 Å². The molecule has 0 aromatic carbocycles. The molecule has 0 radical (unpaired) electrons. The van der Waals surface area contributed by atoms with Gasteiger partial charge in [-0.25, -0.2) is 8.42 Å². The standard InChI is InChI=1S/C14H23ClN2O2S2/c1-3-5-16-11-14(8-12(16)9-15)21(18,19)17-6-7-20-13(4-2)10-17/h8,11,13H,3-7,9-10H2,1-2H3. The van der Waals surface area contributed by atoms with E-state index in [9.17, 15) is 8.42 Å². The van der Waals surface area contributed by atoms with Crippen molar-refractivity contribution in [2.24, 2.45) is 0 Å². The Hall–Kier alpha value is -0.170. The molecule has 1 unspecified atom stereocenters. The second-order valence-electron chi connectivity index (χ2n) is 5.26. The first-order chi connectivity index (χ1) is 10.0. The van der Waals surface area contributed by atoms with Crippen molar-refractivity contribution in [2.75, 3.05) is 18.8 Å². The van der Waals surface area contributed by atoms with Crippen LogP contribution in [-0.2, 0) is 22.4 Å². The summed E-state index contributed by atoms with van der Waals surface area (Å²) in [7, 11) is -3.39. The van der Waals surface area contributed by atoms with Gasteiger partial charge in [-0.2, -0.15) is 16.1 Å². The average Bonchev–Trinajstić information content (AvgIpc) is 2.91. The zero-order valence-electron chi connectivity index (χ0n) is 12.6. The summed E-state index contributed by atoms with van der Waals surface area (Å²) in [6.45, 7) is 6.18. The molecule has 4 nitrogen and oxygen atoms in total. The highest BCUT2D eigenvalue weighted by Crippen LogP contribution is 2.27. The lowest BCUT2D eigenvalue weighted by Gasteiger charge is -2.30. The largest absolute Gasteiger partial charge is 0.349 e. The number of hydrogen-bond donors (Lipinski definition) is 0. The number of aromatic nitrogens is 1. The van der Waals surface area contributed by atoms with E-state index in [-0.39, 0.29) is 0 Å². The summed E-state index contributed by atoms with van der Waals surface area (Å²) in [4.78, 5) is 0.383. The summed E-state index contributed by atoms with van der Waals surface area (Å²) in [5.74, 6) is 1.21. The van der Waals surface area contributed by atoms with Crippen LogP contribution in [0.2, 0.25) is 0 Å². The van der Waals surface area contributed by atoms with Crippen molar-refractivity contribution in [3.63, 3.8) is 0 Å². The van der Waals surface area contributed by atoms with Crippen LogP contribution in [0.4, 0.5) is 0 Å². The number of rotatable bonds is 6. The molecule has 0 aliphatic carbocycles. The van der Waals surface area contributed by atoms with Gasteiger partial charge >= 0.3 is 0 Å². The van der Waals surface area contributed by atoms with Crippen LogP contribution >= 0.6 is 23.4 Å². The predicted octanol–water partition coefficient (Wildman–Crippen LogP) is 3.15. The van der Waals surface area contributed by atoms with E-state index in [1.54, 1.807) is 16.6 Å². The van der Waals surface area contributed by atoms with Crippen LogP contribution in [0.25, 0.3) is 0 Å². The molecule has 1 aromatic rings. The molecule has 0 spiro atoms. The van der Waals surface area contributed by atoms with E-state index in [1.807, 2.05) is 16.3 Å². The monoisotopic (exact) mass is 350 g/mol. The molecule has 0 saturated carbocycles. The van der Waals surface area contributed by atoms with Crippen LogP contribution in [0.1, 0.15) is 32.4 Å². The van der Waals surface area contributed by atoms with E-state index >= 15 is 0 Å². The molecule has 0 bridgehead atoms. The number of hydrogen-bond acceptors (Lipinski definition) is 3. The van der Waals surface area contributed by atoms with Gasteiger partial charge in [-0.1, -0.05) is 13.8 Å². The van der Waals surface area contributed by atoms with Gasteiger partial charge in [0.05, 0.1) is 5.88 Å². The lowest BCUT2D eigenvalue weighted by atomic mass is 10.3. The normalized spacial score (nSPS) is 20.8. The minimum atomic E-state index is -3.39. The third kappa shape index (κ3) is 3.78. The molecule has 1 aliphatic rings. The van der Waals surface area contributed by atoms with Crippen molar-refractivity contribution in [1.29, 1.82) is 0 Å². The summed E-state index contributed by atoms with van der Waals surface area (Å²) < 4.78 is 29.2. The Labute approximate surface area is 136 Å². The topological polar surface area (TPSA) is 42.3 Å². The molecular weight excluding hydrogens is 328 g/mol. The Bertz CT molecular complexity index is 572. The maximum atomic E-state index is 12.8. The van der Waals surface area contributed by atoms with E-state index in [1.165, 1.54) is 0 Å². The van der Waals surface area contributed by atoms with E-state index in [0.29, 0.717) is 29.1 Å². The highest BCUT2D eigenvalue weighted by molar-refractivity contribution is 8.00. The fraction of sp³-hybridized carbons (Fsp3) is 0.714. The van der Waals surface area contributed by atoms with Gasteiger partial charge < -0.3 is 4.57 Å². The lowest BCUT2D eigenvalue weighted by Crippen LogP contribution is -2.41. The molecule has 1 fully saturated rings. The zero-order valence-corrected chi connectivity index (χ0v) is 15.0. The number of sulfonamides is 1. The molecule has 1 aromatic heterocycles. The van der Waals surface area contributed by atoms with Gasteiger partial charge in [-0.3, -0.25) is 0 Å². The van der Waals surface area contributed by atoms with E-state index in [2.05, 4.69) is 13.8 Å². The molecule has 120 valence electrons. The van der Waals surface area contributed by atoms with Gasteiger partial charge in [-0.05, 0) is 18.9 Å². The molecule has 7 heteroatoms. The Balaban J connectivity index is 2.26. The molecule has 0 amide bonds. The van der Waals surface area contributed by atoms with Crippen molar-refractivity contribution in [3.05, 3.63) is 18.0 Å². The summed E-state index contributed by atoms with van der Waals surface area (Å²) in [6.07, 6.45) is 3.69. The van der Waals surface area contributed by atoms with Gasteiger partial charge in [0, 0.05) is 42.5 Å². The average molecular weight is 351 g/mol. The molecular formula is C14H23ClN2O2S2. The number of nitrogens with zero attached hydrogens (tertiary/aromatic N) is 2. The Morgan fingerprint density at radius 3 is 2.81 bits per heavy atom. The van der Waals surface area contributed by atoms with Crippen molar-refractivity contribution >= 4 is 33.4 Å². The molecule has 0 N–H and O–H groups in total. The predicted molar refractivity (Wildman–Crippen MR) is 89.6 cm³/mol. The number of thioether (sulfide) groups is 1. The third-order valence-corrected chi connectivity index (χ3v) is 7.23. The summed E-state index contributed by atoms with van der Waals surface area (Å²) in [5.41, 5.74) is 0.871. The van der Waals surface area contributed by atoms with Gasteiger partial charge in [-0.15, -0.1) is 11.6 Å². The van der Waals surface area contributed by atoms with Crippen LogP contribution in [0.15, 0.2) is 17.2 Å². The molecule has 2 rings (SSSR count). The first-order valence-corrected chi connectivity index (χ1v) is 10.4. The molecule has 1 aliphatic heterocycles. The zero-order chi connectivity index (χ0) is 15.5. The minimum absolute atomic E-state index is 0.336. The second kappa shape index (κ2) is 7.40. The second-order valence-corrected chi connectivity index (χ2v) is 8.87. The molecule has 21 heavy (non-hydrogen) atoms. The van der Waals surface area contributed by atoms with Crippen LogP contribution in [0.5, 0.6) is 0 Å². The minimum Gasteiger partial charge on any atom is -0.349 e. The fourth-order valence-electron chi connectivity index (χ4n) is 2.53. The smallest absolute Gasteiger partial charge is 0.244 e. The van der Waals surface area contributed by atoms with Gasteiger partial charge in [0.1, 0.15) is 4.90 Å². The van der Waals surface area contributed by atoms with Crippen LogP contribution in [-0.4, -0.2) is 41.4 Å². The maximum Gasteiger partial charge on any atom is 0.244 e. The van der Waals surface area contributed by atoms with Gasteiger partial charge in [0.15, 0.2) is 0 Å². The number of aryl methyl sites for hydroxylation is 1. The van der Waals surface area contributed by atoms with Crippen molar-refractivity contribution in [2.45, 2.75) is 49.3 Å². The molecule has 1 atom stereocenters. The SMILES string of the molecule is CCCn1cc(S(=O)(=O)N2CCSC(CC)C2)cc1CCl. The number of halogens is 1. The summed E-state index contributed by atoms with van der Waals surface area (Å²) in [6, 6.07) is 1.72. The molecule has 2 heterocycles. The third-order valence-electron chi connectivity index (χ3n) is 3.76. The fourth-order valence-corrected chi connectivity index (χ4v) is 5.71. The van der Waals surface area contributed by atoms with Crippen molar-refractivity contribution < 1.29 is 8.42 Å². The Morgan fingerprint density at radius 1 is 1.43 bits per heavy atom. The molecule has 1 saturated heterocycles. The van der Waals surface area contributed by atoms with E-state index < -0.39 is 10.0 Å². The Kier molecular flexibility index (Phi) is 6.05. The summed E-state index contributed by atoms with van der Waals surface area (Å²) in [5, 5.41) is 0.402. The van der Waals surface area contributed by atoms with Gasteiger partial charge in [0.2, 0.25) is 10.0 Å². The highest BCUT2D eigenvalue weighted by atomic mass is 35.5.